The van der Waals surface area contributed by atoms with Gasteiger partial charge >= 0.3 is 0 Å². The van der Waals surface area contributed by atoms with Crippen molar-refractivity contribution in [3.05, 3.63) is 96.3 Å². The van der Waals surface area contributed by atoms with E-state index in [1.807, 2.05) is 78.9 Å². The van der Waals surface area contributed by atoms with Gasteiger partial charge in [0, 0.05) is 6.20 Å². The van der Waals surface area contributed by atoms with Crippen molar-refractivity contribution in [3.63, 3.8) is 0 Å². The summed E-state index contributed by atoms with van der Waals surface area (Å²) in [7, 11) is 0. The van der Waals surface area contributed by atoms with Crippen LogP contribution in [0.1, 0.15) is 17.3 Å². The van der Waals surface area contributed by atoms with E-state index in [0.29, 0.717) is 5.69 Å². The van der Waals surface area contributed by atoms with E-state index in [2.05, 4.69) is 4.98 Å². The average molecular weight is 385 g/mol. The molecule has 2 amide bonds. The number of pyridine rings is 1. The molecule has 6 nitrogen and oxygen atoms in total. The summed E-state index contributed by atoms with van der Waals surface area (Å²) < 4.78 is 0. The number of nitrogens with zero attached hydrogens (tertiary/aromatic N) is 3. The third kappa shape index (κ3) is 2.98. The van der Waals surface area contributed by atoms with Crippen molar-refractivity contribution in [3.8, 4) is 0 Å². The largest absolute Gasteiger partial charge is 0.275 e. The first kappa shape index (κ1) is 17.6. The number of rotatable bonds is 4. The zero-order valence-electron chi connectivity index (χ0n) is 15.6. The molecule has 2 saturated heterocycles. The second kappa shape index (κ2) is 7.14. The number of benzene rings is 2. The second-order valence-corrected chi connectivity index (χ2v) is 7.16. The van der Waals surface area contributed by atoms with Crippen LogP contribution in [0.25, 0.3) is 0 Å². The van der Waals surface area contributed by atoms with Crippen LogP contribution in [0.4, 0.5) is 5.69 Å². The summed E-state index contributed by atoms with van der Waals surface area (Å²) in [5, 5.41) is 1.66. The molecule has 3 aromatic rings. The van der Waals surface area contributed by atoms with Gasteiger partial charge in [0.05, 0.1) is 17.9 Å². The zero-order chi connectivity index (χ0) is 19.8. The number of aromatic nitrogens is 1. The lowest BCUT2D eigenvalue weighted by Gasteiger charge is -2.28. The molecule has 1 aromatic heterocycles. The first-order valence-electron chi connectivity index (χ1n) is 9.55. The van der Waals surface area contributed by atoms with Gasteiger partial charge in [-0.15, -0.1) is 0 Å². The highest BCUT2D eigenvalue weighted by Crippen LogP contribution is 2.46. The first-order chi connectivity index (χ1) is 14.2. The Morgan fingerprint density at radius 2 is 1.52 bits per heavy atom. The molecular weight excluding hydrogens is 366 g/mol. The molecule has 0 spiro atoms. The fourth-order valence-electron chi connectivity index (χ4n) is 4.04. The van der Waals surface area contributed by atoms with E-state index in [-0.39, 0.29) is 18.4 Å². The smallest absolute Gasteiger partial charge is 0.262 e. The average Bonchev–Trinajstić information content (AvgIpc) is 3.28. The molecule has 5 rings (SSSR count). The molecule has 144 valence electrons. The first-order valence-corrected chi connectivity index (χ1v) is 9.55. The third-order valence-electron chi connectivity index (χ3n) is 5.39. The van der Waals surface area contributed by atoms with E-state index in [1.165, 1.54) is 4.90 Å². The number of carbonyl (C=O) groups excluding carboxylic acids is 2. The molecule has 2 fully saturated rings. The Hall–Kier alpha value is -3.51. The minimum Gasteiger partial charge on any atom is -0.275 e. The zero-order valence-corrected chi connectivity index (χ0v) is 15.6. The Morgan fingerprint density at radius 3 is 2.21 bits per heavy atom. The highest BCUT2D eigenvalue weighted by atomic mass is 16.7. The normalized spacial score (nSPS) is 23.5. The Balaban J connectivity index is 1.52. The van der Waals surface area contributed by atoms with Crippen molar-refractivity contribution >= 4 is 17.5 Å². The van der Waals surface area contributed by atoms with Gasteiger partial charge in [-0.2, -0.15) is 0 Å². The van der Waals surface area contributed by atoms with E-state index in [1.54, 1.807) is 11.3 Å². The number of carbonyl (C=O) groups is 2. The highest BCUT2D eigenvalue weighted by molar-refractivity contribution is 6.07. The number of anilines is 1. The summed E-state index contributed by atoms with van der Waals surface area (Å²) in [5.41, 5.74) is 2.39. The maximum atomic E-state index is 13.3. The molecule has 0 radical (unpaired) electrons. The molecular formula is C23H19N3O3. The van der Waals surface area contributed by atoms with Crippen LogP contribution in [0.3, 0.4) is 0 Å². The van der Waals surface area contributed by atoms with E-state index < -0.39 is 18.1 Å². The van der Waals surface area contributed by atoms with Gasteiger partial charge in [-0.1, -0.05) is 54.6 Å². The predicted octanol–water partition coefficient (Wildman–Crippen LogP) is 3.13. The van der Waals surface area contributed by atoms with Crippen LogP contribution in [0.2, 0.25) is 0 Å². The molecule has 3 heterocycles. The van der Waals surface area contributed by atoms with Crippen molar-refractivity contribution in [2.75, 3.05) is 5.06 Å². The van der Waals surface area contributed by atoms with Gasteiger partial charge in [0.2, 0.25) is 5.91 Å². The maximum Gasteiger partial charge on any atom is 0.262 e. The minimum atomic E-state index is -0.849. The van der Waals surface area contributed by atoms with Gasteiger partial charge < -0.3 is 0 Å². The fourth-order valence-corrected chi connectivity index (χ4v) is 4.04. The molecule has 2 aromatic carbocycles. The van der Waals surface area contributed by atoms with Crippen molar-refractivity contribution in [1.82, 2.24) is 9.88 Å². The van der Waals surface area contributed by atoms with Gasteiger partial charge in [0.1, 0.15) is 12.0 Å². The highest BCUT2D eigenvalue weighted by Gasteiger charge is 2.60. The van der Waals surface area contributed by atoms with Crippen molar-refractivity contribution in [2.45, 2.75) is 18.7 Å². The SMILES string of the molecule is O=C1[C@H]2[C@H](ON(c3ccccc3)[C@@H]2c2ccccn2)C(=O)N1Cc1ccccc1. The Bertz CT molecular complexity index is 1030. The number of likely N-dealkylation sites (tertiary alicyclic amines) is 1. The standard InChI is InChI=1S/C23H19N3O3/c27-22-19-20(18-13-7-8-14-24-18)26(17-11-5-2-6-12-17)29-21(19)23(28)25(22)15-16-9-3-1-4-10-16/h1-14,19-21H,15H2/t19-,20-,21+/m1/s1. The summed E-state index contributed by atoms with van der Waals surface area (Å²) in [5.74, 6) is -1.16. The molecule has 0 bridgehead atoms. The van der Waals surface area contributed by atoms with Gasteiger partial charge in [-0.25, -0.2) is 5.06 Å². The lowest BCUT2D eigenvalue weighted by Crippen LogP contribution is -2.37. The fraction of sp³-hybridized carbons (Fsp3) is 0.174. The van der Waals surface area contributed by atoms with Crippen LogP contribution in [-0.4, -0.2) is 27.8 Å². The van der Waals surface area contributed by atoms with Crippen LogP contribution in [-0.2, 0) is 21.0 Å². The minimum absolute atomic E-state index is 0.224. The van der Waals surface area contributed by atoms with Gasteiger partial charge in [-0.3, -0.25) is 24.3 Å². The topological polar surface area (TPSA) is 62.7 Å². The lowest BCUT2D eigenvalue weighted by molar-refractivity contribution is -0.143. The Labute approximate surface area is 168 Å². The third-order valence-corrected chi connectivity index (χ3v) is 5.39. The monoisotopic (exact) mass is 385 g/mol. The molecule has 3 atom stereocenters. The van der Waals surface area contributed by atoms with Gasteiger partial charge in [0.25, 0.3) is 5.91 Å². The molecule has 0 unspecified atom stereocenters. The Morgan fingerprint density at radius 1 is 0.828 bits per heavy atom. The number of fused-ring (bicyclic) bond motifs is 1. The van der Waals surface area contributed by atoms with Crippen LogP contribution in [0.15, 0.2) is 85.1 Å². The Kier molecular flexibility index (Phi) is 4.33. The summed E-state index contributed by atoms with van der Waals surface area (Å²) >= 11 is 0. The number of hydroxylamine groups is 1. The number of hydrogen-bond donors (Lipinski definition) is 0. The van der Waals surface area contributed by atoms with Crippen molar-refractivity contribution < 1.29 is 14.4 Å². The quantitative estimate of drug-likeness (QED) is 0.646. The van der Waals surface area contributed by atoms with E-state index in [4.69, 9.17) is 4.84 Å². The van der Waals surface area contributed by atoms with Crippen LogP contribution >= 0.6 is 0 Å². The molecule has 2 aliphatic heterocycles. The van der Waals surface area contributed by atoms with Crippen LogP contribution in [0.5, 0.6) is 0 Å². The number of amides is 2. The van der Waals surface area contributed by atoms with E-state index in [9.17, 15) is 9.59 Å². The molecule has 0 aliphatic carbocycles. The number of hydrogen-bond acceptors (Lipinski definition) is 5. The van der Waals surface area contributed by atoms with E-state index in [0.717, 1.165) is 11.3 Å². The predicted molar refractivity (Wildman–Crippen MR) is 106 cm³/mol. The summed E-state index contributed by atoms with van der Waals surface area (Å²) in [6.07, 6.45) is 0.841. The number of para-hydroxylation sites is 1. The summed E-state index contributed by atoms with van der Waals surface area (Å²) in [4.78, 5) is 38.3. The summed E-state index contributed by atoms with van der Waals surface area (Å²) in [6, 6.07) is 24.1. The van der Waals surface area contributed by atoms with Gasteiger partial charge in [-0.05, 0) is 29.8 Å². The van der Waals surface area contributed by atoms with Crippen LogP contribution < -0.4 is 5.06 Å². The van der Waals surface area contributed by atoms with E-state index >= 15 is 0 Å². The van der Waals surface area contributed by atoms with Crippen LogP contribution in [0, 0.1) is 5.92 Å². The lowest BCUT2D eigenvalue weighted by atomic mass is 9.93. The molecule has 2 aliphatic rings. The maximum absolute atomic E-state index is 13.3. The molecule has 0 saturated carbocycles. The second-order valence-electron chi connectivity index (χ2n) is 7.16. The molecule has 29 heavy (non-hydrogen) atoms. The molecule has 6 heteroatoms. The van der Waals surface area contributed by atoms with Crippen molar-refractivity contribution in [2.24, 2.45) is 5.92 Å². The van der Waals surface area contributed by atoms with Gasteiger partial charge in [0.15, 0.2) is 6.10 Å². The molecule has 0 N–H and O–H groups in total. The number of imide groups is 1. The summed E-state index contributed by atoms with van der Waals surface area (Å²) in [6.45, 7) is 0.245. The van der Waals surface area contributed by atoms with Crippen molar-refractivity contribution in [1.29, 1.82) is 0 Å².